The number of sulfonamides is 1. The molecule has 0 bridgehead atoms. The second kappa shape index (κ2) is 6.92. The molecule has 2 N–H and O–H groups in total. The van der Waals surface area contributed by atoms with E-state index in [0.29, 0.717) is 6.07 Å². The zero-order chi connectivity index (χ0) is 16.2. The third-order valence-electron chi connectivity index (χ3n) is 2.97. The molecule has 0 aliphatic carbocycles. The van der Waals surface area contributed by atoms with Crippen LogP contribution in [0.25, 0.3) is 0 Å². The number of nitrogens with zero attached hydrogens (tertiary/aromatic N) is 1. The predicted octanol–water partition coefficient (Wildman–Crippen LogP) is 1.42. The van der Waals surface area contributed by atoms with Gasteiger partial charge in [-0.1, -0.05) is 13.8 Å². The Morgan fingerprint density at radius 2 is 2.05 bits per heavy atom. The minimum Gasteiger partial charge on any atom is -0.396 e. The Morgan fingerprint density at radius 1 is 1.43 bits per heavy atom. The van der Waals surface area contributed by atoms with Crippen LogP contribution in [-0.4, -0.2) is 31.1 Å². The van der Waals surface area contributed by atoms with Crippen LogP contribution < -0.4 is 4.72 Å². The molecular weight excluding hydrogens is 303 g/mol. The van der Waals surface area contributed by atoms with Crippen molar-refractivity contribution in [2.45, 2.75) is 31.2 Å². The van der Waals surface area contributed by atoms with E-state index in [-0.39, 0.29) is 18.9 Å². The molecule has 0 aliphatic rings. The van der Waals surface area contributed by atoms with Crippen LogP contribution in [0.4, 0.5) is 10.1 Å². The molecule has 1 unspecified atom stereocenters. The van der Waals surface area contributed by atoms with Gasteiger partial charge in [0, 0.05) is 18.7 Å². The lowest BCUT2D eigenvalue weighted by Gasteiger charge is -2.21. The maximum absolute atomic E-state index is 13.8. The van der Waals surface area contributed by atoms with E-state index in [1.165, 1.54) is 0 Å². The normalized spacial score (nSPS) is 13.4. The Bertz CT molecular complexity index is 618. The van der Waals surface area contributed by atoms with E-state index in [1.807, 2.05) is 0 Å². The number of hydrogen-bond acceptors (Lipinski definition) is 5. The lowest BCUT2D eigenvalue weighted by Crippen LogP contribution is -2.39. The summed E-state index contributed by atoms with van der Waals surface area (Å²) in [5.74, 6) is -1.30. The minimum atomic E-state index is -4.16. The fraction of sp³-hybridized carbons (Fsp3) is 0.500. The maximum atomic E-state index is 13.8. The van der Waals surface area contributed by atoms with Crippen molar-refractivity contribution in [2.75, 3.05) is 6.61 Å². The number of halogens is 1. The van der Waals surface area contributed by atoms with Crippen molar-refractivity contribution in [3.05, 3.63) is 34.1 Å². The zero-order valence-electron chi connectivity index (χ0n) is 11.6. The molecule has 9 heteroatoms. The van der Waals surface area contributed by atoms with Crippen molar-refractivity contribution in [1.29, 1.82) is 0 Å². The Kier molecular flexibility index (Phi) is 5.76. The number of non-ortho nitro benzene ring substituents is 1. The van der Waals surface area contributed by atoms with Gasteiger partial charge in [-0.2, -0.15) is 0 Å². The summed E-state index contributed by atoms with van der Waals surface area (Å²) in [6.45, 7) is 3.30. The Balaban J connectivity index is 3.10. The molecule has 0 aromatic heterocycles. The van der Waals surface area contributed by atoms with Crippen LogP contribution in [-0.2, 0) is 10.0 Å². The van der Waals surface area contributed by atoms with Crippen LogP contribution >= 0.6 is 0 Å². The van der Waals surface area contributed by atoms with Gasteiger partial charge in [0.1, 0.15) is 10.7 Å². The quantitative estimate of drug-likeness (QED) is 0.583. The van der Waals surface area contributed by atoms with E-state index in [2.05, 4.69) is 4.72 Å². The van der Waals surface area contributed by atoms with Gasteiger partial charge in [0.05, 0.1) is 11.0 Å². The summed E-state index contributed by atoms with van der Waals surface area (Å²) in [6.07, 6.45) is 0.186. The van der Waals surface area contributed by atoms with E-state index in [1.54, 1.807) is 13.8 Å². The fourth-order valence-corrected chi connectivity index (χ4v) is 3.23. The summed E-state index contributed by atoms with van der Waals surface area (Å²) in [6, 6.07) is 1.78. The lowest BCUT2D eigenvalue weighted by atomic mass is 10.0. The molecule has 0 amide bonds. The predicted molar refractivity (Wildman–Crippen MR) is 73.7 cm³/mol. The number of benzene rings is 1. The number of nitro benzene ring substituents is 1. The average Bonchev–Trinajstić information content (AvgIpc) is 2.37. The molecule has 1 rings (SSSR count). The van der Waals surface area contributed by atoms with Gasteiger partial charge in [0.25, 0.3) is 5.69 Å². The van der Waals surface area contributed by atoms with Gasteiger partial charge in [0.15, 0.2) is 0 Å². The third-order valence-corrected chi connectivity index (χ3v) is 4.49. The number of hydrogen-bond donors (Lipinski definition) is 2. The van der Waals surface area contributed by atoms with Gasteiger partial charge < -0.3 is 5.11 Å². The van der Waals surface area contributed by atoms with Crippen LogP contribution in [0.5, 0.6) is 0 Å². The molecule has 7 nitrogen and oxygen atoms in total. The number of nitro groups is 1. The topological polar surface area (TPSA) is 110 Å². The Hall–Kier alpha value is -1.58. The highest BCUT2D eigenvalue weighted by Crippen LogP contribution is 2.21. The zero-order valence-corrected chi connectivity index (χ0v) is 12.4. The Morgan fingerprint density at radius 3 is 2.48 bits per heavy atom. The number of nitrogens with one attached hydrogen (secondary N) is 1. The average molecular weight is 320 g/mol. The van der Waals surface area contributed by atoms with Crippen LogP contribution in [0.15, 0.2) is 23.1 Å². The van der Waals surface area contributed by atoms with Crippen LogP contribution in [0.2, 0.25) is 0 Å². The molecule has 0 radical (unpaired) electrons. The summed E-state index contributed by atoms with van der Waals surface area (Å²) in [4.78, 5) is 9.05. The highest BCUT2D eigenvalue weighted by Gasteiger charge is 2.26. The first-order valence-corrected chi connectivity index (χ1v) is 7.74. The highest BCUT2D eigenvalue weighted by atomic mass is 32.2. The molecule has 1 atom stereocenters. The van der Waals surface area contributed by atoms with Crippen molar-refractivity contribution in [1.82, 2.24) is 4.72 Å². The van der Waals surface area contributed by atoms with E-state index in [0.717, 1.165) is 12.1 Å². The number of aliphatic hydroxyl groups excluding tert-OH is 1. The number of aliphatic hydroxyl groups is 1. The molecule has 21 heavy (non-hydrogen) atoms. The minimum absolute atomic E-state index is 0.104. The van der Waals surface area contributed by atoms with Crippen molar-refractivity contribution in [3.63, 3.8) is 0 Å². The first-order chi connectivity index (χ1) is 9.69. The largest absolute Gasteiger partial charge is 0.396 e. The molecule has 118 valence electrons. The van der Waals surface area contributed by atoms with Gasteiger partial charge in [0.2, 0.25) is 10.0 Å². The summed E-state index contributed by atoms with van der Waals surface area (Å²) in [5, 5.41) is 19.4. The van der Waals surface area contributed by atoms with E-state index < -0.39 is 37.4 Å². The van der Waals surface area contributed by atoms with E-state index in [9.17, 15) is 22.9 Å². The van der Waals surface area contributed by atoms with Crippen LogP contribution in [0.1, 0.15) is 20.3 Å². The van der Waals surface area contributed by atoms with E-state index in [4.69, 9.17) is 5.11 Å². The summed E-state index contributed by atoms with van der Waals surface area (Å²) in [5.41, 5.74) is -0.526. The van der Waals surface area contributed by atoms with Crippen LogP contribution in [0, 0.1) is 21.8 Å². The van der Waals surface area contributed by atoms with Gasteiger partial charge in [-0.3, -0.25) is 10.1 Å². The maximum Gasteiger partial charge on any atom is 0.272 e. The highest BCUT2D eigenvalue weighted by molar-refractivity contribution is 7.89. The smallest absolute Gasteiger partial charge is 0.272 e. The van der Waals surface area contributed by atoms with Crippen molar-refractivity contribution < 1.29 is 22.8 Å². The second-order valence-corrected chi connectivity index (χ2v) is 6.54. The summed E-state index contributed by atoms with van der Waals surface area (Å²) >= 11 is 0. The standard InChI is InChI=1S/C12H17FN2O5S/c1-8(2)11(5-6-16)14-21(19,20)12-4-3-9(15(17)18)7-10(12)13/h3-4,7-8,11,14,16H,5-6H2,1-2H3. The molecule has 0 saturated carbocycles. The van der Waals surface area contributed by atoms with Gasteiger partial charge in [-0.25, -0.2) is 17.5 Å². The summed E-state index contributed by atoms with van der Waals surface area (Å²) < 4.78 is 40.3. The SMILES string of the molecule is CC(C)C(CCO)NS(=O)(=O)c1ccc([N+](=O)[O-])cc1F. The fourth-order valence-electron chi connectivity index (χ4n) is 1.75. The van der Waals surface area contributed by atoms with E-state index >= 15 is 0 Å². The molecule has 0 heterocycles. The van der Waals surface area contributed by atoms with Gasteiger partial charge >= 0.3 is 0 Å². The summed E-state index contributed by atoms with van der Waals surface area (Å²) in [7, 11) is -4.16. The first kappa shape index (κ1) is 17.5. The monoisotopic (exact) mass is 320 g/mol. The first-order valence-electron chi connectivity index (χ1n) is 6.26. The van der Waals surface area contributed by atoms with Crippen molar-refractivity contribution >= 4 is 15.7 Å². The Labute approximate surface area is 122 Å². The van der Waals surface area contributed by atoms with Crippen molar-refractivity contribution in [3.8, 4) is 0 Å². The number of rotatable bonds is 7. The molecule has 0 aliphatic heterocycles. The molecular formula is C12H17FN2O5S. The second-order valence-electron chi connectivity index (χ2n) is 4.86. The molecule has 0 fully saturated rings. The van der Waals surface area contributed by atoms with Gasteiger partial charge in [-0.05, 0) is 18.4 Å². The molecule has 1 aromatic rings. The van der Waals surface area contributed by atoms with Gasteiger partial charge in [-0.15, -0.1) is 0 Å². The molecule has 0 saturated heterocycles. The molecule has 1 aromatic carbocycles. The molecule has 0 spiro atoms. The third kappa shape index (κ3) is 4.45. The van der Waals surface area contributed by atoms with Crippen LogP contribution in [0.3, 0.4) is 0 Å². The lowest BCUT2D eigenvalue weighted by molar-refractivity contribution is -0.385. The van der Waals surface area contributed by atoms with Crippen molar-refractivity contribution in [2.24, 2.45) is 5.92 Å².